The Morgan fingerprint density at radius 2 is 2.05 bits per heavy atom. The Balaban J connectivity index is 1.44. The lowest BCUT2D eigenvalue weighted by atomic mass is 9.99. The lowest BCUT2D eigenvalue weighted by molar-refractivity contribution is -0.134. The Labute approximate surface area is 144 Å². The van der Waals surface area contributed by atoms with Gasteiger partial charge in [0.25, 0.3) is 0 Å². The van der Waals surface area contributed by atoms with E-state index in [1.165, 1.54) is 15.1 Å². The minimum Gasteiger partial charge on any atom is -0.340 e. The third-order valence-electron chi connectivity index (χ3n) is 4.89. The molecule has 3 rings (SSSR count). The van der Waals surface area contributed by atoms with Gasteiger partial charge in [-0.15, -0.1) is 11.3 Å². The van der Waals surface area contributed by atoms with Crippen LogP contribution in [0, 0.1) is 5.92 Å². The third kappa shape index (κ3) is 4.10. The van der Waals surface area contributed by atoms with Gasteiger partial charge in [-0.05, 0) is 46.8 Å². The number of halogens is 1. The molecule has 2 aliphatic rings. The average Bonchev–Trinajstić information content (AvgIpc) is 3.09. The van der Waals surface area contributed by atoms with Crippen molar-refractivity contribution in [3.63, 3.8) is 0 Å². The van der Waals surface area contributed by atoms with Gasteiger partial charge >= 0.3 is 0 Å². The fraction of sp³-hybridized carbons (Fsp3) is 0.688. The Hall–Kier alpha value is -0.430. The summed E-state index contributed by atoms with van der Waals surface area (Å²) in [6.45, 7) is 4.64. The van der Waals surface area contributed by atoms with Gasteiger partial charge in [0.1, 0.15) is 0 Å². The first-order chi connectivity index (χ1) is 10.6. The Morgan fingerprint density at radius 3 is 2.64 bits per heavy atom. The molecule has 1 aliphatic heterocycles. The number of carbonyl (C=O) groups is 1. The number of nitrogens with zero attached hydrogens (tertiary/aromatic N) is 2. The predicted octanol–water partition coefficient (Wildman–Crippen LogP) is 2.67. The second-order valence-electron chi connectivity index (χ2n) is 6.42. The quantitative estimate of drug-likeness (QED) is 0.866. The molecule has 22 heavy (non-hydrogen) atoms. The topological polar surface area (TPSA) is 49.6 Å². The highest BCUT2D eigenvalue weighted by Gasteiger charge is 2.29. The zero-order valence-corrected chi connectivity index (χ0v) is 15.2. The van der Waals surface area contributed by atoms with Crippen molar-refractivity contribution in [2.75, 3.05) is 26.2 Å². The van der Waals surface area contributed by atoms with Crippen molar-refractivity contribution < 1.29 is 4.79 Å². The molecule has 1 saturated heterocycles. The molecule has 2 heterocycles. The summed E-state index contributed by atoms with van der Waals surface area (Å²) < 4.78 is 1.18. The van der Waals surface area contributed by atoms with Crippen molar-refractivity contribution in [3.05, 3.63) is 20.8 Å². The maximum Gasteiger partial charge on any atom is 0.222 e. The van der Waals surface area contributed by atoms with E-state index in [0.29, 0.717) is 18.2 Å². The van der Waals surface area contributed by atoms with E-state index in [1.807, 2.05) is 4.90 Å². The van der Waals surface area contributed by atoms with E-state index in [9.17, 15) is 4.79 Å². The first-order valence-corrected chi connectivity index (χ1v) is 9.72. The lowest BCUT2D eigenvalue weighted by Gasteiger charge is -2.35. The molecule has 0 aromatic carbocycles. The molecule has 6 heteroatoms. The van der Waals surface area contributed by atoms with Crippen LogP contribution >= 0.6 is 27.3 Å². The summed E-state index contributed by atoms with van der Waals surface area (Å²) in [6, 6.07) is 4.51. The first kappa shape index (κ1) is 16.4. The SMILES string of the molecule is N[C@@H]1CCC[C@H]1CC(=O)N1CCN(Cc2ccc(Br)s2)CC1. The molecule has 1 aromatic rings. The van der Waals surface area contributed by atoms with Gasteiger partial charge in [-0.1, -0.05) is 6.42 Å². The van der Waals surface area contributed by atoms with Crippen molar-refractivity contribution in [2.45, 2.75) is 38.3 Å². The number of nitrogens with two attached hydrogens (primary N) is 1. The van der Waals surface area contributed by atoms with E-state index in [1.54, 1.807) is 11.3 Å². The molecule has 1 amide bonds. The molecule has 0 unspecified atom stereocenters. The second-order valence-corrected chi connectivity index (χ2v) is 8.97. The van der Waals surface area contributed by atoms with Gasteiger partial charge in [-0.2, -0.15) is 0 Å². The summed E-state index contributed by atoms with van der Waals surface area (Å²) in [5, 5.41) is 0. The fourth-order valence-electron chi connectivity index (χ4n) is 3.48. The lowest BCUT2D eigenvalue weighted by Crippen LogP contribution is -2.48. The maximum absolute atomic E-state index is 12.4. The monoisotopic (exact) mass is 385 g/mol. The minimum absolute atomic E-state index is 0.238. The molecule has 1 aliphatic carbocycles. The number of thiophene rings is 1. The Bertz CT molecular complexity index is 513. The molecule has 122 valence electrons. The molecular weight excluding hydrogens is 362 g/mol. The summed E-state index contributed by atoms with van der Waals surface area (Å²) >= 11 is 5.30. The van der Waals surface area contributed by atoms with Crippen molar-refractivity contribution in [1.29, 1.82) is 0 Å². The summed E-state index contributed by atoms with van der Waals surface area (Å²) in [7, 11) is 0. The number of carbonyl (C=O) groups excluding carboxylic acids is 1. The van der Waals surface area contributed by atoms with Crippen molar-refractivity contribution in [3.8, 4) is 0 Å². The molecule has 0 radical (unpaired) electrons. The average molecular weight is 386 g/mol. The van der Waals surface area contributed by atoms with Crippen LogP contribution in [-0.2, 0) is 11.3 Å². The van der Waals surface area contributed by atoms with Gasteiger partial charge in [-0.25, -0.2) is 0 Å². The van der Waals surface area contributed by atoms with Gasteiger partial charge in [0.15, 0.2) is 0 Å². The van der Waals surface area contributed by atoms with Crippen LogP contribution in [0.3, 0.4) is 0 Å². The minimum atomic E-state index is 0.238. The van der Waals surface area contributed by atoms with Crippen LogP contribution in [-0.4, -0.2) is 47.9 Å². The van der Waals surface area contributed by atoms with Crippen LogP contribution in [0.2, 0.25) is 0 Å². The van der Waals surface area contributed by atoms with Crippen LogP contribution in [0.4, 0.5) is 0 Å². The molecule has 1 saturated carbocycles. The molecule has 4 nitrogen and oxygen atoms in total. The van der Waals surface area contributed by atoms with Crippen molar-refractivity contribution in [2.24, 2.45) is 11.7 Å². The first-order valence-electron chi connectivity index (χ1n) is 8.12. The van der Waals surface area contributed by atoms with E-state index in [0.717, 1.165) is 45.6 Å². The van der Waals surface area contributed by atoms with Crippen molar-refractivity contribution in [1.82, 2.24) is 9.80 Å². The molecule has 2 fully saturated rings. The molecule has 2 atom stereocenters. The standard InChI is InChI=1S/C16H24BrN3OS/c17-15-5-4-13(22-15)11-19-6-8-20(9-7-19)16(21)10-12-2-1-3-14(12)18/h4-5,12,14H,1-3,6-11,18H2/t12-,14+/m0/s1. The van der Waals surface area contributed by atoms with Crippen molar-refractivity contribution >= 4 is 33.2 Å². The maximum atomic E-state index is 12.4. The highest BCUT2D eigenvalue weighted by Crippen LogP contribution is 2.28. The Morgan fingerprint density at radius 1 is 1.27 bits per heavy atom. The largest absolute Gasteiger partial charge is 0.340 e. The second kappa shape index (κ2) is 7.43. The van der Waals surface area contributed by atoms with Gasteiger partial charge in [0, 0.05) is 50.1 Å². The summed E-state index contributed by atoms with van der Waals surface area (Å²) in [6.07, 6.45) is 4.05. The number of rotatable bonds is 4. The highest BCUT2D eigenvalue weighted by atomic mass is 79.9. The molecule has 1 aromatic heterocycles. The van der Waals surface area contributed by atoms with Gasteiger partial charge in [-0.3, -0.25) is 9.69 Å². The van der Waals surface area contributed by atoms with Gasteiger partial charge < -0.3 is 10.6 Å². The molecule has 2 N–H and O–H groups in total. The van der Waals surface area contributed by atoms with Crippen LogP contribution in [0.1, 0.15) is 30.6 Å². The van der Waals surface area contributed by atoms with Gasteiger partial charge in [0.05, 0.1) is 3.79 Å². The van der Waals surface area contributed by atoms with E-state index in [-0.39, 0.29) is 6.04 Å². The Kier molecular flexibility index (Phi) is 5.55. The predicted molar refractivity (Wildman–Crippen MR) is 93.8 cm³/mol. The summed E-state index contributed by atoms with van der Waals surface area (Å²) in [5.41, 5.74) is 6.09. The number of hydrogen-bond acceptors (Lipinski definition) is 4. The molecular formula is C16H24BrN3OS. The van der Waals surface area contributed by atoms with Crippen LogP contribution in [0.25, 0.3) is 0 Å². The summed E-state index contributed by atoms with van der Waals surface area (Å²) in [4.78, 5) is 18.3. The number of hydrogen-bond donors (Lipinski definition) is 1. The number of amides is 1. The summed E-state index contributed by atoms with van der Waals surface area (Å²) in [5.74, 6) is 0.717. The van der Waals surface area contributed by atoms with E-state index in [4.69, 9.17) is 5.73 Å². The number of piperazine rings is 1. The zero-order chi connectivity index (χ0) is 15.5. The van der Waals surface area contributed by atoms with E-state index in [2.05, 4.69) is 33.0 Å². The fourth-order valence-corrected chi connectivity index (χ4v) is 5.01. The van der Waals surface area contributed by atoms with Crippen LogP contribution in [0.5, 0.6) is 0 Å². The zero-order valence-electron chi connectivity index (χ0n) is 12.8. The van der Waals surface area contributed by atoms with E-state index >= 15 is 0 Å². The van der Waals surface area contributed by atoms with Crippen LogP contribution < -0.4 is 5.73 Å². The smallest absolute Gasteiger partial charge is 0.222 e. The molecule has 0 bridgehead atoms. The molecule has 0 spiro atoms. The normalized spacial score (nSPS) is 26.5. The van der Waals surface area contributed by atoms with Crippen LogP contribution in [0.15, 0.2) is 15.9 Å². The van der Waals surface area contributed by atoms with Gasteiger partial charge in [0.2, 0.25) is 5.91 Å². The highest BCUT2D eigenvalue weighted by molar-refractivity contribution is 9.11. The van der Waals surface area contributed by atoms with E-state index < -0.39 is 0 Å². The third-order valence-corrected chi connectivity index (χ3v) is 6.50.